The van der Waals surface area contributed by atoms with Crippen molar-refractivity contribution in [1.82, 2.24) is 4.90 Å². The lowest BCUT2D eigenvalue weighted by atomic mass is 9.91. The summed E-state index contributed by atoms with van der Waals surface area (Å²) < 4.78 is 0. The molecule has 0 aliphatic rings. The molecule has 3 heteroatoms. The van der Waals surface area contributed by atoms with Crippen molar-refractivity contribution in [2.45, 2.75) is 17.7 Å². The van der Waals surface area contributed by atoms with Gasteiger partial charge in [0.15, 0.2) is 5.78 Å². The van der Waals surface area contributed by atoms with Crippen LogP contribution in [0.15, 0.2) is 54.1 Å². The summed E-state index contributed by atoms with van der Waals surface area (Å²) in [4.78, 5) is 15.7. The molecule has 1 rings (SSSR count). The minimum Gasteiger partial charge on any atom is -0.384 e. The molecular weight excluding hydrogens is 266 g/mol. The molecule has 0 saturated carbocycles. The summed E-state index contributed by atoms with van der Waals surface area (Å²) >= 11 is 1.68. The van der Waals surface area contributed by atoms with Gasteiger partial charge in [0, 0.05) is 30.5 Å². The number of Topliss-reactive ketones (excluding diaryl/α,β-unsaturated/α-hetero) is 1. The Morgan fingerprint density at radius 1 is 1.30 bits per heavy atom. The first-order chi connectivity index (χ1) is 9.58. The van der Waals surface area contributed by atoms with E-state index in [1.807, 2.05) is 67.9 Å². The summed E-state index contributed by atoms with van der Waals surface area (Å²) in [5.74, 6) is 0.171. The molecule has 0 aromatic heterocycles. The summed E-state index contributed by atoms with van der Waals surface area (Å²) in [5.41, 5.74) is 0.785. The number of hydrogen-bond acceptors (Lipinski definition) is 3. The second-order valence-corrected chi connectivity index (χ2v) is 5.78. The van der Waals surface area contributed by atoms with Gasteiger partial charge in [-0.15, -0.1) is 18.3 Å². The third-order valence-electron chi connectivity index (χ3n) is 3.02. The number of thioether (sulfide) groups is 1. The molecule has 2 nitrogen and oxygen atoms in total. The van der Waals surface area contributed by atoms with E-state index < -0.39 is 0 Å². The van der Waals surface area contributed by atoms with Gasteiger partial charge in [0.1, 0.15) is 0 Å². The Bertz CT molecular complexity index is 462. The van der Waals surface area contributed by atoms with E-state index in [9.17, 15) is 4.79 Å². The van der Waals surface area contributed by atoms with E-state index in [1.165, 1.54) is 4.90 Å². The molecule has 1 aromatic carbocycles. The Morgan fingerprint density at radius 2 is 1.95 bits per heavy atom. The number of nitrogens with zero attached hydrogens (tertiary/aromatic N) is 1. The number of allylic oxidation sites excluding steroid dienone is 2. The molecule has 0 radical (unpaired) electrons. The van der Waals surface area contributed by atoms with Gasteiger partial charge in [-0.05, 0) is 37.4 Å². The number of carbonyl (C=O) groups is 1. The maximum atomic E-state index is 12.5. The third-order valence-corrected chi connectivity index (χ3v) is 3.76. The molecule has 0 aliphatic heterocycles. The average molecular weight is 289 g/mol. The van der Waals surface area contributed by atoms with Gasteiger partial charge in [-0.3, -0.25) is 4.79 Å². The van der Waals surface area contributed by atoms with Crippen LogP contribution in [0.25, 0.3) is 0 Å². The lowest BCUT2D eigenvalue weighted by Gasteiger charge is -2.13. The Balaban J connectivity index is 2.78. The molecule has 1 aromatic rings. The lowest BCUT2D eigenvalue weighted by Crippen LogP contribution is -2.14. The highest BCUT2D eigenvalue weighted by molar-refractivity contribution is 7.98. The Labute approximate surface area is 126 Å². The fourth-order valence-electron chi connectivity index (χ4n) is 1.94. The quantitative estimate of drug-likeness (QED) is 0.405. The van der Waals surface area contributed by atoms with Crippen molar-refractivity contribution in [3.8, 4) is 0 Å². The number of hydrogen-bond donors (Lipinski definition) is 0. The summed E-state index contributed by atoms with van der Waals surface area (Å²) in [6, 6.07) is 7.83. The number of rotatable bonds is 8. The molecule has 0 N–H and O–H groups in total. The molecule has 20 heavy (non-hydrogen) atoms. The SMILES string of the molecule is C=CCC(CC=CN(C)C)C(=O)c1ccc(SC)cc1. The van der Waals surface area contributed by atoms with Crippen LogP contribution in [0, 0.1) is 5.92 Å². The third kappa shape index (κ3) is 5.25. The first kappa shape index (κ1) is 16.6. The Hall–Kier alpha value is -1.48. The van der Waals surface area contributed by atoms with Crippen molar-refractivity contribution in [3.63, 3.8) is 0 Å². The number of ketones is 1. The van der Waals surface area contributed by atoms with E-state index in [4.69, 9.17) is 0 Å². The van der Waals surface area contributed by atoms with E-state index in [0.717, 1.165) is 12.0 Å². The Morgan fingerprint density at radius 3 is 2.45 bits per heavy atom. The monoisotopic (exact) mass is 289 g/mol. The second kappa shape index (κ2) is 8.64. The van der Waals surface area contributed by atoms with Crippen LogP contribution < -0.4 is 0 Å². The van der Waals surface area contributed by atoms with Gasteiger partial charge in [-0.2, -0.15) is 0 Å². The largest absolute Gasteiger partial charge is 0.384 e. The van der Waals surface area contributed by atoms with Gasteiger partial charge in [0.05, 0.1) is 0 Å². The van der Waals surface area contributed by atoms with Crippen LogP contribution in [0.4, 0.5) is 0 Å². The fraction of sp³-hybridized carbons (Fsp3) is 0.353. The van der Waals surface area contributed by atoms with Crippen molar-refractivity contribution < 1.29 is 4.79 Å². The van der Waals surface area contributed by atoms with Crippen LogP contribution in [0.2, 0.25) is 0 Å². The van der Waals surface area contributed by atoms with Crippen LogP contribution >= 0.6 is 11.8 Å². The lowest BCUT2D eigenvalue weighted by molar-refractivity contribution is 0.0921. The summed E-state index contributed by atoms with van der Waals surface area (Å²) in [7, 11) is 3.95. The summed E-state index contributed by atoms with van der Waals surface area (Å²) in [5, 5.41) is 0. The van der Waals surface area contributed by atoms with Gasteiger partial charge in [-0.1, -0.05) is 24.3 Å². The van der Waals surface area contributed by atoms with Crippen LogP contribution in [-0.2, 0) is 0 Å². The molecule has 0 bridgehead atoms. The van der Waals surface area contributed by atoms with Crippen molar-refractivity contribution in [2.75, 3.05) is 20.4 Å². The van der Waals surface area contributed by atoms with Crippen molar-refractivity contribution in [3.05, 3.63) is 54.8 Å². The first-order valence-corrected chi connectivity index (χ1v) is 7.93. The van der Waals surface area contributed by atoms with E-state index in [1.54, 1.807) is 11.8 Å². The number of carbonyl (C=O) groups excluding carboxylic acids is 1. The van der Waals surface area contributed by atoms with Gasteiger partial charge in [0.25, 0.3) is 0 Å². The second-order valence-electron chi connectivity index (χ2n) is 4.90. The standard InChI is InChI=1S/C17H23NOS/c1-5-7-14(8-6-13-18(2)3)17(19)15-9-11-16(20-4)12-10-15/h5-6,9-14H,1,7-8H2,2-4H3. The maximum Gasteiger partial charge on any atom is 0.166 e. The molecule has 0 saturated heterocycles. The van der Waals surface area contributed by atoms with Gasteiger partial charge in [0.2, 0.25) is 0 Å². The van der Waals surface area contributed by atoms with Crippen molar-refractivity contribution in [2.24, 2.45) is 5.92 Å². The minimum atomic E-state index is -0.0242. The molecule has 108 valence electrons. The Kier molecular flexibility index (Phi) is 7.16. The van der Waals surface area contributed by atoms with E-state index in [2.05, 4.69) is 6.58 Å². The topological polar surface area (TPSA) is 20.3 Å². The molecular formula is C17H23NOS. The van der Waals surface area contributed by atoms with Gasteiger partial charge >= 0.3 is 0 Å². The molecule has 0 spiro atoms. The van der Waals surface area contributed by atoms with E-state index in [-0.39, 0.29) is 11.7 Å². The highest BCUT2D eigenvalue weighted by atomic mass is 32.2. The van der Waals surface area contributed by atoms with Crippen LogP contribution in [0.5, 0.6) is 0 Å². The summed E-state index contributed by atoms with van der Waals surface area (Å²) in [6.07, 6.45) is 9.34. The van der Waals surface area contributed by atoms with E-state index >= 15 is 0 Å². The average Bonchev–Trinajstić information content (AvgIpc) is 2.45. The number of benzene rings is 1. The first-order valence-electron chi connectivity index (χ1n) is 6.70. The molecule has 1 atom stereocenters. The van der Waals surface area contributed by atoms with Crippen LogP contribution in [-0.4, -0.2) is 31.0 Å². The van der Waals surface area contributed by atoms with Gasteiger partial charge < -0.3 is 4.90 Å². The van der Waals surface area contributed by atoms with Crippen molar-refractivity contribution >= 4 is 17.5 Å². The smallest absolute Gasteiger partial charge is 0.166 e. The molecule has 1 unspecified atom stereocenters. The van der Waals surface area contributed by atoms with Crippen molar-refractivity contribution in [1.29, 1.82) is 0 Å². The zero-order chi connectivity index (χ0) is 15.0. The normalized spacial score (nSPS) is 12.3. The highest BCUT2D eigenvalue weighted by Gasteiger charge is 2.17. The predicted molar refractivity (Wildman–Crippen MR) is 88.3 cm³/mol. The van der Waals surface area contributed by atoms with E-state index in [0.29, 0.717) is 6.42 Å². The molecule has 0 aliphatic carbocycles. The summed E-state index contributed by atoms with van der Waals surface area (Å²) in [6.45, 7) is 3.76. The zero-order valence-electron chi connectivity index (χ0n) is 12.5. The predicted octanol–water partition coefficient (Wildman–Crippen LogP) is 4.25. The maximum absolute atomic E-state index is 12.5. The van der Waals surface area contributed by atoms with Gasteiger partial charge in [-0.25, -0.2) is 0 Å². The molecule has 0 heterocycles. The molecule has 0 fully saturated rings. The zero-order valence-corrected chi connectivity index (χ0v) is 13.3. The minimum absolute atomic E-state index is 0.0242. The fourth-order valence-corrected chi connectivity index (χ4v) is 2.35. The van der Waals surface area contributed by atoms with Crippen LogP contribution in [0.1, 0.15) is 23.2 Å². The van der Waals surface area contributed by atoms with Crippen LogP contribution in [0.3, 0.4) is 0 Å². The molecule has 0 amide bonds. The highest BCUT2D eigenvalue weighted by Crippen LogP contribution is 2.20.